The second-order valence-electron chi connectivity index (χ2n) is 5.76. The lowest BCUT2D eigenvalue weighted by atomic mass is 9.95. The minimum absolute atomic E-state index is 0.0390. The van der Waals surface area contributed by atoms with Crippen LogP contribution in [-0.2, 0) is 22.4 Å². The number of anilines is 1. The molecule has 0 saturated carbocycles. The van der Waals surface area contributed by atoms with Crippen molar-refractivity contribution in [3.63, 3.8) is 0 Å². The van der Waals surface area contributed by atoms with Gasteiger partial charge in [-0.05, 0) is 50.0 Å². The molecule has 0 bridgehead atoms. The Bertz CT molecular complexity index is 649. The summed E-state index contributed by atoms with van der Waals surface area (Å²) in [5.41, 5.74) is 2.85. The summed E-state index contributed by atoms with van der Waals surface area (Å²) in [6.45, 7) is 2.15. The second-order valence-corrected chi connectivity index (χ2v) is 7.84. The quantitative estimate of drug-likeness (QED) is 0.810. The Balaban J connectivity index is 1.81. The highest BCUT2D eigenvalue weighted by atomic mass is 32.2. The van der Waals surface area contributed by atoms with Gasteiger partial charge in [0, 0.05) is 17.1 Å². The van der Waals surface area contributed by atoms with Gasteiger partial charge in [0.2, 0.25) is 5.91 Å². The maximum Gasteiger partial charge on any atom is 0.341 e. The van der Waals surface area contributed by atoms with Gasteiger partial charge < -0.3 is 10.1 Å². The lowest BCUT2D eigenvalue weighted by Crippen LogP contribution is -2.15. The van der Waals surface area contributed by atoms with Crippen LogP contribution in [0.2, 0.25) is 0 Å². The molecular weight excluding hydrogens is 330 g/mol. The Kier molecular flexibility index (Phi) is 5.43. The molecule has 0 fully saturated rings. The lowest BCUT2D eigenvalue weighted by molar-refractivity contribution is -0.115. The summed E-state index contributed by atoms with van der Waals surface area (Å²) in [4.78, 5) is 25.9. The molecule has 2 aliphatic rings. The highest BCUT2D eigenvalue weighted by Gasteiger charge is 2.27. The fourth-order valence-corrected chi connectivity index (χ4v) is 5.23. The SMILES string of the molecule is CCOC(=O)c1c(NC(=O)CC2=CSCC2)sc2c1CCCC2. The van der Waals surface area contributed by atoms with Crippen molar-refractivity contribution >= 4 is 40.0 Å². The number of rotatable bonds is 5. The van der Waals surface area contributed by atoms with E-state index in [1.54, 1.807) is 30.0 Å². The first kappa shape index (κ1) is 16.6. The summed E-state index contributed by atoms with van der Waals surface area (Å²) in [6.07, 6.45) is 5.52. The number of amides is 1. The number of thioether (sulfide) groups is 1. The van der Waals surface area contributed by atoms with Crippen LogP contribution in [0.5, 0.6) is 0 Å². The molecule has 124 valence electrons. The molecule has 1 aliphatic heterocycles. The molecule has 1 aliphatic carbocycles. The van der Waals surface area contributed by atoms with Crippen molar-refractivity contribution in [3.8, 4) is 0 Å². The summed E-state index contributed by atoms with van der Waals surface area (Å²) in [5.74, 6) is 0.713. The van der Waals surface area contributed by atoms with Crippen LogP contribution < -0.4 is 5.32 Å². The maximum absolute atomic E-state index is 12.3. The first-order chi connectivity index (χ1) is 11.2. The van der Waals surface area contributed by atoms with E-state index in [-0.39, 0.29) is 11.9 Å². The van der Waals surface area contributed by atoms with Crippen LogP contribution in [0.1, 0.15) is 53.4 Å². The Morgan fingerprint density at radius 2 is 2.09 bits per heavy atom. The van der Waals surface area contributed by atoms with Crippen molar-refractivity contribution in [1.82, 2.24) is 0 Å². The number of esters is 1. The van der Waals surface area contributed by atoms with Gasteiger partial charge in [-0.3, -0.25) is 4.79 Å². The number of ether oxygens (including phenoxy) is 1. The average Bonchev–Trinajstić information content (AvgIpc) is 3.14. The maximum atomic E-state index is 12.3. The molecule has 0 atom stereocenters. The van der Waals surface area contributed by atoms with Crippen LogP contribution in [0, 0.1) is 0 Å². The van der Waals surface area contributed by atoms with Crippen LogP contribution in [0.25, 0.3) is 0 Å². The summed E-state index contributed by atoms with van der Waals surface area (Å²) in [7, 11) is 0. The Morgan fingerprint density at radius 1 is 1.26 bits per heavy atom. The Hall–Kier alpha value is -1.27. The molecule has 0 saturated heterocycles. The first-order valence-electron chi connectivity index (χ1n) is 8.10. The van der Waals surface area contributed by atoms with Crippen molar-refractivity contribution in [3.05, 3.63) is 27.0 Å². The molecule has 2 heterocycles. The monoisotopic (exact) mass is 351 g/mol. The van der Waals surface area contributed by atoms with E-state index in [1.807, 2.05) is 0 Å². The topological polar surface area (TPSA) is 55.4 Å². The van der Waals surface area contributed by atoms with E-state index in [4.69, 9.17) is 4.74 Å². The molecule has 1 aromatic rings. The molecule has 6 heteroatoms. The van der Waals surface area contributed by atoms with E-state index < -0.39 is 0 Å². The number of nitrogens with one attached hydrogen (secondary N) is 1. The third-order valence-electron chi connectivity index (χ3n) is 4.08. The Labute approximate surface area is 144 Å². The summed E-state index contributed by atoms with van der Waals surface area (Å²) in [6, 6.07) is 0. The number of carbonyl (C=O) groups excluding carboxylic acids is 2. The fraction of sp³-hybridized carbons (Fsp3) is 0.529. The van der Waals surface area contributed by atoms with Crippen LogP contribution in [0.3, 0.4) is 0 Å². The largest absolute Gasteiger partial charge is 0.462 e. The molecule has 0 aromatic carbocycles. The van der Waals surface area contributed by atoms with Crippen LogP contribution >= 0.6 is 23.1 Å². The predicted molar refractivity (Wildman–Crippen MR) is 95.3 cm³/mol. The van der Waals surface area contributed by atoms with E-state index >= 15 is 0 Å². The molecule has 0 unspecified atom stereocenters. The van der Waals surface area contributed by atoms with Crippen molar-refractivity contribution in [2.75, 3.05) is 17.7 Å². The second kappa shape index (κ2) is 7.53. The molecule has 0 spiro atoms. The van der Waals surface area contributed by atoms with Crippen molar-refractivity contribution < 1.29 is 14.3 Å². The van der Waals surface area contributed by atoms with Gasteiger partial charge >= 0.3 is 5.97 Å². The van der Waals surface area contributed by atoms with Gasteiger partial charge in [0.05, 0.1) is 12.2 Å². The van der Waals surface area contributed by atoms with Gasteiger partial charge in [0.15, 0.2) is 0 Å². The molecule has 0 radical (unpaired) electrons. The summed E-state index contributed by atoms with van der Waals surface area (Å²) in [5, 5.41) is 5.71. The van der Waals surface area contributed by atoms with Crippen molar-refractivity contribution in [2.24, 2.45) is 0 Å². The zero-order valence-corrected chi connectivity index (χ0v) is 14.9. The molecule has 1 amide bonds. The van der Waals surface area contributed by atoms with E-state index in [9.17, 15) is 9.59 Å². The molecular formula is C17H21NO3S2. The number of carbonyl (C=O) groups is 2. The smallest absolute Gasteiger partial charge is 0.341 e. The van der Waals surface area contributed by atoms with Crippen molar-refractivity contribution in [2.45, 2.75) is 45.4 Å². The molecule has 23 heavy (non-hydrogen) atoms. The zero-order chi connectivity index (χ0) is 16.2. The summed E-state index contributed by atoms with van der Waals surface area (Å²) >= 11 is 3.30. The van der Waals surface area contributed by atoms with Crippen LogP contribution in [0.4, 0.5) is 5.00 Å². The predicted octanol–water partition coefficient (Wildman–Crippen LogP) is 4.15. The van der Waals surface area contributed by atoms with E-state index in [0.717, 1.165) is 43.4 Å². The number of hydrogen-bond acceptors (Lipinski definition) is 5. The zero-order valence-electron chi connectivity index (χ0n) is 13.3. The lowest BCUT2D eigenvalue weighted by Gasteiger charge is -2.12. The van der Waals surface area contributed by atoms with Crippen LogP contribution in [0.15, 0.2) is 11.0 Å². The highest BCUT2D eigenvalue weighted by Crippen LogP contribution is 2.39. The fourth-order valence-electron chi connectivity index (χ4n) is 3.01. The molecule has 1 aromatic heterocycles. The number of fused-ring (bicyclic) bond motifs is 1. The third kappa shape index (κ3) is 3.80. The molecule has 1 N–H and O–H groups in total. The number of hydrogen-bond donors (Lipinski definition) is 1. The average molecular weight is 351 g/mol. The highest BCUT2D eigenvalue weighted by molar-refractivity contribution is 8.02. The minimum Gasteiger partial charge on any atom is -0.462 e. The standard InChI is InChI=1S/C17H21NO3S2/c1-2-21-17(20)15-12-5-3-4-6-13(12)23-16(15)18-14(19)9-11-7-8-22-10-11/h10H,2-9H2,1H3,(H,18,19). The van der Waals surface area contributed by atoms with Gasteiger partial charge in [0.25, 0.3) is 0 Å². The summed E-state index contributed by atoms with van der Waals surface area (Å²) < 4.78 is 5.21. The van der Waals surface area contributed by atoms with Crippen LogP contribution in [-0.4, -0.2) is 24.2 Å². The molecule has 3 rings (SSSR count). The third-order valence-corrected chi connectivity index (χ3v) is 6.23. The van der Waals surface area contributed by atoms with Gasteiger partial charge in [-0.25, -0.2) is 4.79 Å². The normalized spacial score (nSPS) is 16.7. The minimum atomic E-state index is -0.308. The van der Waals surface area contributed by atoms with Gasteiger partial charge in [-0.1, -0.05) is 5.57 Å². The van der Waals surface area contributed by atoms with Gasteiger partial charge in [-0.15, -0.1) is 23.1 Å². The van der Waals surface area contributed by atoms with Gasteiger partial charge in [-0.2, -0.15) is 0 Å². The first-order valence-corrected chi connectivity index (χ1v) is 9.96. The van der Waals surface area contributed by atoms with Gasteiger partial charge in [0.1, 0.15) is 5.00 Å². The van der Waals surface area contributed by atoms with E-state index in [2.05, 4.69) is 10.7 Å². The number of thiophene rings is 1. The molecule has 4 nitrogen and oxygen atoms in total. The Morgan fingerprint density at radius 3 is 2.83 bits per heavy atom. The van der Waals surface area contributed by atoms with Crippen molar-refractivity contribution in [1.29, 1.82) is 0 Å². The number of aryl methyl sites for hydroxylation is 1. The van der Waals surface area contributed by atoms with E-state index in [0.29, 0.717) is 23.6 Å². The van der Waals surface area contributed by atoms with E-state index in [1.165, 1.54) is 10.5 Å².